The molecular weight excluding hydrogens is 262 g/mol. The second kappa shape index (κ2) is 7.27. The van der Waals surface area contributed by atoms with Gasteiger partial charge in [-0.2, -0.15) is 5.10 Å². The van der Waals surface area contributed by atoms with Gasteiger partial charge in [-0.25, -0.2) is 4.68 Å². The van der Waals surface area contributed by atoms with Crippen molar-refractivity contribution in [3.8, 4) is 5.88 Å². The van der Waals surface area contributed by atoms with Crippen LogP contribution in [-0.4, -0.2) is 22.9 Å². The third kappa shape index (κ3) is 4.33. The molecule has 0 radical (unpaired) electrons. The van der Waals surface area contributed by atoms with Crippen LogP contribution >= 0.6 is 0 Å². The van der Waals surface area contributed by atoms with Crippen LogP contribution in [0.15, 0.2) is 30.3 Å². The van der Waals surface area contributed by atoms with Crippen molar-refractivity contribution in [2.75, 3.05) is 13.1 Å². The highest BCUT2D eigenvalue weighted by molar-refractivity contribution is 5.25. The Morgan fingerprint density at radius 1 is 1.29 bits per heavy atom. The van der Waals surface area contributed by atoms with Crippen molar-refractivity contribution < 1.29 is 4.74 Å². The van der Waals surface area contributed by atoms with E-state index in [2.05, 4.69) is 48.5 Å². The van der Waals surface area contributed by atoms with E-state index >= 15 is 0 Å². The van der Waals surface area contributed by atoms with Crippen molar-refractivity contribution in [1.82, 2.24) is 15.1 Å². The van der Waals surface area contributed by atoms with Crippen molar-refractivity contribution in [3.63, 3.8) is 0 Å². The lowest BCUT2D eigenvalue weighted by atomic mass is 10.00. The van der Waals surface area contributed by atoms with E-state index in [0.29, 0.717) is 12.5 Å². The van der Waals surface area contributed by atoms with Crippen LogP contribution in [0.3, 0.4) is 0 Å². The first kappa shape index (κ1) is 15.6. The molecule has 0 aliphatic heterocycles. The summed E-state index contributed by atoms with van der Waals surface area (Å²) in [6.45, 7) is 8.94. The highest BCUT2D eigenvalue weighted by Gasteiger charge is 2.06. The summed E-state index contributed by atoms with van der Waals surface area (Å²) in [4.78, 5) is 0. The van der Waals surface area contributed by atoms with Crippen molar-refractivity contribution >= 4 is 0 Å². The highest BCUT2D eigenvalue weighted by atomic mass is 16.5. The molecule has 4 heteroatoms. The largest absolute Gasteiger partial charge is 0.473 e. The quantitative estimate of drug-likeness (QED) is 0.851. The number of likely N-dealkylation sites (N-methyl/N-ethyl adjacent to an activating group) is 1. The van der Waals surface area contributed by atoms with E-state index in [4.69, 9.17) is 4.74 Å². The molecule has 1 atom stereocenters. The molecule has 0 aliphatic carbocycles. The van der Waals surface area contributed by atoms with Crippen LogP contribution in [0.2, 0.25) is 0 Å². The SMILES string of the molecule is CCNCC(C)c1ccc(COc2cc(C)nn2C)cc1. The molecule has 1 aromatic carbocycles. The van der Waals surface area contributed by atoms with Gasteiger partial charge in [-0.1, -0.05) is 38.1 Å². The Kier molecular flexibility index (Phi) is 5.39. The second-order valence-electron chi connectivity index (χ2n) is 5.49. The second-order valence-corrected chi connectivity index (χ2v) is 5.49. The third-order valence-corrected chi connectivity index (χ3v) is 3.60. The molecule has 1 heterocycles. The molecule has 0 bridgehead atoms. The summed E-state index contributed by atoms with van der Waals surface area (Å²) in [6, 6.07) is 10.6. The van der Waals surface area contributed by atoms with Gasteiger partial charge in [-0.3, -0.25) is 0 Å². The molecule has 1 unspecified atom stereocenters. The van der Waals surface area contributed by atoms with Crippen LogP contribution in [0, 0.1) is 6.92 Å². The van der Waals surface area contributed by atoms with Crippen LogP contribution in [0.4, 0.5) is 0 Å². The highest BCUT2D eigenvalue weighted by Crippen LogP contribution is 2.17. The lowest BCUT2D eigenvalue weighted by molar-refractivity contribution is 0.279. The Balaban J connectivity index is 1.91. The molecule has 0 fully saturated rings. The Hall–Kier alpha value is -1.81. The molecule has 1 N–H and O–H groups in total. The summed E-state index contributed by atoms with van der Waals surface area (Å²) in [6.07, 6.45) is 0. The number of rotatable bonds is 7. The molecule has 2 aromatic rings. The van der Waals surface area contributed by atoms with Gasteiger partial charge >= 0.3 is 0 Å². The van der Waals surface area contributed by atoms with E-state index < -0.39 is 0 Å². The normalized spacial score (nSPS) is 12.4. The van der Waals surface area contributed by atoms with Gasteiger partial charge in [0.2, 0.25) is 5.88 Å². The monoisotopic (exact) mass is 287 g/mol. The average molecular weight is 287 g/mol. The number of aryl methyl sites for hydroxylation is 2. The average Bonchev–Trinajstić information content (AvgIpc) is 2.81. The summed E-state index contributed by atoms with van der Waals surface area (Å²) in [5, 5.41) is 7.66. The van der Waals surface area contributed by atoms with Gasteiger partial charge in [0, 0.05) is 19.7 Å². The minimum absolute atomic E-state index is 0.527. The standard InChI is InChI=1S/C17H25N3O/c1-5-18-11-13(2)16-8-6-15(7-9-16)12-21-17-10-14(3)19-20(17)4/h6-10,13,18H,5,11-12H2,1-4H3. The molecule has 0 amide bonds. The molecule has 4 nitrogen and oxygen atoms in total. The van der Waals surface area contributed by atoms with Crippen LogP contribution in [-0.2, 0) is 13.7 Å². The van der Waals surface area contributed by atoms with Crippen LogP contribution < -0.4 is 10.1 Å². The molecular formula is C17H25N3O. The maximum Gasteiger partial charge on any atom is 0.212 e. The van der Waals surface area contributed by atoms with Crippen molar-refractivity contribution in [2.45, 2.75) is 33.3 Å². The lowest BCUT2D eigenvalue weighted by Crippen LogP contribution is -2.19. The zero-order valence-corrected chi connectivity index (χ0v) is 13.4. The van der Waals surface area contributed by atoms with Gasteiger partial charge in [-0.05, 0) is 30.5 Å². The third-order valence-electron chi connectivity index (χ3n) is 3.60. The Labute approximate surface area is 127 Å². The van der Waals surface area contributed by atoms with Gasteiger partial charge in [0.15, 0.2) is 0 Å². The van der Waals surface area contributed by atoms with Gasteiger partial charge in [0.1, 0.15) is 6.61 Å². The number of aromatic nitrogens is 2. The zero-order valence-electron chi connectivity index (χ0n) is 13.4. The van der Waals surface area contributed by atoms with Gasteiger partial charge < -0.3 is 10.1 Å². The minimum atomic E-state index is 0.527. The Morgan fingerprint density at radius 2 is 2.00 bits per heavy atom. The Morgan fingerprint density at radius 3 is 2.57 bits per heavy atom. The summed E-state index contributed by atoms with van der Waals surface area (Å²) in [5.41, 5.74) is 3.50. The fraction of sp³-hybridized carbons (Fsp3) is 0.471. The smallest absolute Gasteiger partial charge is 0.212 e. The van der Waals surface area contributed by atoms with Crippen molar-refractivity contribution in [1.29, 1.82) is 0 Å². The van der Waals surface area contributed by atoms with Crippen molar-refractivity contribution in [2.24, 2.45) is 7.05 Å². The van der Waals surface area contributed by atoms with Crippen LogP contribution in [0.5, 0.6) is 5.88 Å². The van der Waals surface area contributed by atoms with E-state index in [-0.39, 0.29) is 0 Å². The summed E-state index contributed by atoms with van der Waals surface area (Å²) >= 11 is 0. The predicted octanol–water partition coefficient (Wildman–Crippen LogP) is 3.02. The van der Waals surface area contributed by atoms with E-state index in [1.807, 2.05) is 20.0 Å². The van der Waals surface area contributed by atoms with E-state index in [1.54, 1.807) is 4.68 Å². The molecule has 2 rings (SSSR count). The molecule has 0 saturated heterocycles. The summed E-state index contributed by atoms with van der Waals surface area (Å²) in [7, 11) is 1.90. The molecule has 0 aliphatic rings. The number of hydrogen-bond donors (Lipinski definition) is 1. The first-order valence-corrected chi connectivity index (χ1v) is 7.53. The number of hydrogen-bond acceptors (Lipinski definition) is 3. The lowest BCUT2D eigenvalue weighted by Gasteiger charge is -2.13. The van der Waals surface area contributed by atoms with E-state index in [0.717, 1.165) is 24.7 Å². The fourth-order valence-corrected chi connectivity index (χ4v) is 2.30. The Bertz CT molecular complexity index is 560. The number of benzene rings is 1. The molecule has 0 saturated carbocycles. The molecule has 21 heavy (non-hydrogen) atoms. The minimum Gasteiger partial charge on any atom is -0.473 e. The maximum absolute atomic E-state index is 5.80. The summed E-state index contributed by atoms with van der Waals surface area (Å²) in [5.74, 6) is 1.33. The number of nitrogens with zero attached hydrogens (tertiary/aromatic N) is 2. The van der Waals surface area contributed by atoms with E-state index in [9.17, 15) is 0 Å². The van der Waals surface area contributed by atoms with Gasteiger partial charge in [-0.15, -0.1) is 0 Å². The van der Waals surface area contributed by atoms with E-state index in [1.165, 1.54) is 11.1 Å². The fourth-order valence-electron chi connectivity index (χ4n) is 2.30. The maximum atomic E-state index is 5.80. The number of ether oxygens (including phenoxy) is 1. The first-order valence-electron chi connectivity index (χ1n) is 7.53. The topological polar surface area (TPSA) is 39.1 Å². The van der Waals surface area contributed by atoms with Gasteiger partial charge in [0.25, 0.3) is 0 Å². The van der Waals surface area contributed by atoms with Gasteiger partial charge in [0.05, 0.1) is 5.69 Å². The molecule has 1 aromatic heterocycles. The molecule has 0 spiro atoms. The zero-order chi connectivity index (χ0) is 15.2. The van der Waals surface area contributed by atoms with Crippen molar-refractivity contribution in [3.05, 3.63) is 47.2 Å². The predicted molar refractivity (Wildman–Crippen MR) is 85.7 cm³/mol. The first-order chi connectivity index (χ1) is 10.1. The summed E-state index contributed by atoms with van der Waals surface area (Å²) < 4.78 is 7.56. The van der Waals surface area contributed by atoms with Crippen LogP contribution in [0.1, 0.15) is 36.6 Å². The van der Waals surface area contributed by atoms with Crippen LogP contribution in [0.25, 0.3) is 0 Å². The molecule has 114 valence electrons. The number of nitrogens with one attached hydrogen (secondary N) is 1.